The van der Waals surface area contributed by atoms with Crippen LogP contribution in [-0.2, 0) is 4.74 Å². The summed E-state index contributed by atoms with van der Waals surface area (Å²) in [4.78, 5) is 0. The summed E-state index contributed by atoms with van der Waals surface area (Å²) in [5.74, 6) is 0.822. The lowest BCUT2D eigenvalue weighted by Crippen LogP contribution is -2.26. The van der Waals surface area contributed by atoms with E-state index in [0.717, 1.165) is 12.3 Å². The minimum Gasteiger partial charge on any atom is -0.394 e. The molecule has 1 aliphatic heterocycles. The maximum atomic E-state index is 8.95. The van der Waals surface area contributed by atoms with Crippen LogP contribution in [0.15, 0.2) is 0 Å². The first kappa shape index (κ1) is 8.52. The first-order valence-electron chi connectivity index (χ1n) is 5.03. The van der Waals surface area contributed by atoms with Crippen molar-refractivity contribution in [2.75, 3.05) is 6.61 Å². The van der Waals surface area contributed by atoms with Crippen molar-refractivity contribution in [3.05, 3.63) is 0 Å². The molecule has 1 saturated carbocycles. The molecule has 0 aromatic carbocycles. The fourth-order valence-corrected chi connectivity index (χ4v) is 2.71. The van der Waals surface area contributed by atoms with Crippen molar-refractivity contribution < 1.29 is 9.84 Å². The van der Waals surface area contributed by atoms with E-state index in [0.29, 0.717) is 0 Å². The Balaban J connectivity index is 1.97. The molecular weight excluding hydrogens is 152 g/mol. The average molecular weight is 170 g/mol. The highest BCUT2D eigenvalue weighted by molar-refractivity contribution is 4.94. The first-order chi connectivity index (χ1) is 5.74. The van der Waals surface area contributed by atoms with Crippen LogP contribution < -0.4 is 0 Å². The summed E-state index contributed by atoms with van der Waals surface area (Å²) < 4.78 is 5.88. The fraction of sp³-hybridized carbons (Fsp3) is 1.00. The molecule has 2 fully saturated rings. The topological polar surface area (TPSA) is 29.5 Å². The fourth-order valence-electron chi connectivity index (χ4n) is 2.71. The standard InChI is InChI=1S/C10H18O2/c1-8-2-4-10(6-8)5-3-9(7-11)12-10/h8-9,11H,2-7H2,1H3/t8-,9-,10+/m1/s1. The second kappa shape index (κ2) is 3.00. The summed E-state index contributed by atoms with van der Waals surface area (Å²) in [5.41, 5.74) is 0.173. The Labute approximate surface area is 73.9 Å². The van der Waals surface area contributed by atoms with Gasteiger partial charge in [0.05, 0.1) is 18.3 Å². The molecule has 1 aliphatic carbocycles. The van der Waals surface area contributed by atoms with Gasteiger partial charge in [-0.25, -0.2) is 0 Å². The number of aliphatic hydroxyl groups is 1. The molecule has 0 aromatic rings. The Morgan fingerprint density at radius 2 is 2.17 bits per heavy atom. The second-order valence-corrected chi connectivity index (χ2v) is 4.49. The Kier molecular flexibility index (Phi) is 2.13. The van der Waals surface area contributed by atoms with Crippen molar-refractivity contribution >= 4 is 0 Å². The maximum absolute atomic E-state index is 8.95. The van der Waals surface area contributed by atoms with Crippen LogP contribution in [0.25, 0.3) is 0 Å². The predicted octanol–water partition coefficient (Wildman–Crippen LogP) is 1.72. The van der Waals surface area contributed by atoms with E-state index in [4.69, 9.17) is 9.84 Å². The van der Waals surface area contributed by atoms with E-state index in [1.165, 1.54) is 25.7 Å². The van der Waals surface area contributed by atoms with Crippen molar-refractivity contribution in [2.45, 2.75) is 50.7 Å². The average Bonchev–Trinajstić information content (AvgIpc) is 2.61. The molecule has 0 bridgehead atoms. The van der Waals surface area contributed by atoms with E-state index in [2.05, 4.69) is 6.92 Å². The summed E-state index contributed by atoms with van der Waals surface area (Å²) in [6, 6.07) is 0. The van der Waals surface area contributed by atoms with Crippen molar-refractivity contribution in [1.82, 2.24) is 0 Å². The lowest BCUT2D eigenvalue weighted by molar-refractivity contribution is -0.0564. The van der Waals surface area contributed by atoms with E-state index < -0.39 is 0 Å². The summed E-state index contributed by atoms with van der Waals surface area (Å²) in [7, 11) is 0. The summed E-state index contributed by atoms with van der Waals surface area (Å²) >= 11 is 0. The van der Waals surface area contributed by atoms with Crippen molar-refractivity contribution in [2.24, 2.45) is 5.92 Å². The van der Waals surface area contributed by atoms with E-state index in [1.54, 1.807) is 0 Å². The van der Waals surface area contributed by atoms with Gasteiger partial charge in [0.2, 0.25) is 0 Å². The highest BCUT2D eigenvalue weighted by Crippen LogP contribution is 2.45. The second-order valence-electron chi connectivity index (χ2n) is 4.49. The largest absolute Gasteiger partial charge is 0.394 e. The third-order valence-corrected chi connectivity index (χ3v) is 3.36. The number of hydrogen-bond acceptors (Lipinski definition) is 2. The zero-order valence-electron chi connectivity index (χ0n) is 7.75. The molecule has 0 radical (unpaired) electrons. The summed E-state index contributed by atoms with van der Waals surface area (Å²) in [6.45, 7) is 2.50. The zero-order chi connectivity index (χ0) is 8.60. The zero-order valence-corrected chi connectivity index (χ0v) is 7.75. The minimum atomic E-state index is 0.135. The van der Waals surface area contributed by atoms with Gasteiger partial charge in [0.1, 0.15) is 0 Å². The van der Waals surface area contributed by atoms with Crippen LogP contribution >= 0.6 is 0 Å². The molecule has 1 heterocycles. The van der Waals surface area contributed by atoms with E-state index >= 15 is 0 Å². The van der Waals surface area contributed by atoms with Crippen molar-refractivity contribution in [3.8, 4) is 0 Å². The molecule has 0 unspecified atom stereocenters. The Morgan fingerprint density at radius 3 is 2.67 bits per heavy atom. The number of hydrogen-bond donors (Lipinski definition) is 1. The van der Waals surface area contributed by atoms with Crippen LogP contribution in [0.2, 0.25) is 0 Å². The molecule has 12 heavy (non-hydrogen) atoms. The number of ether oxygens (including phenoxy) is 1. The molecule has 3 atom stereocenters. The van der Waals surface area contributed by atoms with Gasteiger partial charge in [0.25, 0.3) is 0 Å². The van der Waals surface area contributed by atoms with E-state index in [-0.39, 0.29) is 18.3 Å². The monoisotopic (exact) mass is 170 g/mol. The molecule has 0 aromatic heterocycles. The summed E-state index contributed by atoms with van der Waals surface area (Å²) in [6.07, 6.45) is 6.09. The van der Waals surface area contributed by atoms with Gasteiger partial charge < -0.3 is 9.84 Å². The van der Waals surface area contributed by atoms with Crippen LogP contribution in [-0.4, -0.2) is 23.4 Å². The van der Waals surface area contributed by atoms with Gasteiger partial charge in [0, 0.05) is 0 Å². The molecule has 2 aliphatic rings. The highest BCUT2D eigenvalue weighted by atomic mass is 16.5. The molecule has 1 spiro atoms. The molecule has 2 heteroatoms. The Bertz CT molecular complexity index is 169. The quantitative estimate of drug-likeness (QED) is 0.649. The third-order valence-electron chi connectivity index (χ3n) is 3.36. The smallest absolute Gasteiger partial charge is 0.0814 e. The minimum absolute atomic E-state index is 0.135. The van der Waals surface area contributed by atoms with Gasteiger partial charge >= 0.3 is 0 Å². The lowest BCUT2D eigenvalue weighted by Gasteiger charge is -2.23. The Hall–Kier alpha value is -0.0800. The van der Waals surface area contributed by atoms with E-state index in [9.17, 15) is 0 Å². The molecule has 0 amide bonds. The predicted molar refractivity (Wildman–Crippen MR) is 46.9 cm³/mol. The molecule has 70 valence electrons. The van der Waals surface area contributed by atoms with Crippen LogP contribution in [0, 0.1) is 5.92 Å². The van der Waals surface area contributed by atoms with Crippen LogP contribution in [0.3, 0.4) is 0 Å². The lowest BCUT2D eigenvalue weighted by atomic mass is 9.97. The Morgan fingerprint density at radius 1 is 1.42 bits per heavy atom. The normalized spacial score (nSPS) is 47.5. The molecule has 2 rings (SSSR count). The molecule has 1 N–H and O–H groups in total. The molecular formula is C10H18O2. The number of aliphatic hydroxyl groups excluding tert-OH is 1. The van der Waals surface area contributed by atoms with Gasteiger partial charge in [0.15, 0.2) is 0 Å². The first-order valence-corrected chi connectivity index (χ1v) is 5.03. The molecule has 1 saturated heterocycles. The van der Waals surface area contributed by atoms with Gasteiger partial charge in [-0.15, -0.1) is 0 Å². The van der Waals surface area contributed by atoms with Gasteiger partial charge in [-0.1, -0.05) is 6.92 Å². The van der Waals surface area contributed by atoms with Crippen molar-refractivity contribution in [1.29, 1.82) is 0 Å². The molecule has 2 nitrogen and oxygen atoms in total. The van der Waals surface area contributed by atoms with Gasteiger partial charge in [-0.2, -0.15) is 0 Å². The van der Waals surface area contributed by atoms with Crippen LogP contribution in [0.1, 0.15) is 39.0 Å². The van der Waals surface area contributed by atoms with Gasteiger partial charge in [-0.3, -0.25) is 0 Å². The third kappa shape index (κ3) is 1.38. The van der Waals surface area contributed by atoms with Gasteiger partial charge in [-0.05, 0) is 38.0 Å². The van der Waals surface area contributed by atoms with Crippen molar-refractivity contribution in [3.63, 3.8) is 0 Å². The SMILES string of the molecule is C[C@@H]1CC[C@]2(CC[C@H](CO)O2)C1. The summed E-state index contributed by atoms with van der Waals surface area (Å²) in [5, 5.41) is 8.95. The number of rotatable bonds is 1. The van der Waals surface area contributed by atoms with Crippen LogP contribution in [0.4, 0.5) is 0 Å². The highest BCUT2D eigenvalue weighted by Gasteiger charge is 2.44. The van der Waals surface area contributed by atoms with E-state index in [1.807, 2.05) is 0 Å². The maximum Gasteiger partial charge on any atom is 0.0814 e. The van der Waals surface area contributed by atoms with Crippen LogP contribution in [0.5, 0.6) is 0 Å².